The van der Waals surface area contributed by atoms with Crippen LogP contribution >= 0.6 is 11.6 Å². The molecule has 0 aliphatic carbocycles. The van der Waals surface area contributed by atoms with E-state index in [1.54, 1.807) is 12.1 Å². The van der Waals surface area contributed by atoms with Gasteiger partial charge in [-0.1, -0.05) is 24.1 Å². The smallest absolute Gasteiger partial charge is 0.257 e. The number of carbonyl (C=O) groups excluding carboxylic acids is 1. The third-order valence-corrected chi connectivity index (χ3v) is 4.91. The van der Waals surface area contributed by atoms with E-state index in [2.05, 4.69) is 16.9 Å². The Morgan fingerprint density at radius 1 is 1.36 bits per heavy atom. The molecule has 0 spiro atoms. The van der Waals surface area contributed by atoms with Gasteiger partial charge in [-0.2, -0.15) is 5.10 Å². The summed E-state index contributed by atoms with van der Waals surface area (Å²) in [7, 11) is 0. The van der Waals surface area contributed by atoms with Crippen LogP contribution in [0.3, 0.4) is 0 Å². The number of carbonyl (C=O) groups is 1. The van der Waals surface area contributed by atoms with E-state index >= 15 is 0 Å². The van der Waals surface area contributed by atoms with Gasteiger partial charge in [0, 0.05) is 23.3 Å². The van der Waals surface area contributed by atoms with E-state index in [4.69, 9.17) is 11.6 Å². The number of amides is 1. The van der Waals surface area contributed by atoms with Gasteiger partial charge < -0.3 is 0 Å². The first-order chi connectivity index (χ1) is 10.6. The van der Waals surface area contributed by atoms with E-state index in [0.717, 1.165) is 24.5 Å². The molecule has 2 atom stereocenters. The molecule has 1 saturated heterocycles. The zero-order valence-electron chi connectivity index (χ0n) is 13.1. The first-order valence-corrected chi connectivity index (χ1v) is 8.33. The van der Waals surface area contributed by atoms with E-state index in [1.807, 2.05) is 19.1 Å². The third kappa shape index (κ3) is 3.03. The molecule has 1 amide bonds. The maximum absolute atomic E-state index is 12.7. The van der Waals surface area contributed by atoms with Gasteiger partial charge in [-0.05, 0) is 51.4 Å². The molecule has 0 radical (unpaired) electrons. The summed E-state index contributed by atoms with van der Waals surface area (Å²) in [5.74, 6) is -0.0860. The van der Waals surface area contributed by atoms with Crippen LogP contribution in [0.25, 0.3) is 0 Å². The molecule has 118 valence electrons. The number of hydrazone groups is 1. The number of benzene rings is 1. The number of anilines is 1. The lowest BCUT2D eigenvalue weighted by Crippen LogP contribution is -2.44. The molecule has 2 aliphatic heterocycles. The lowest BCUT2D eigenvalue weighted by Gasteiger charge is -2.34. The van der Waals surface area contributed by atoms with Crippen molar-refractivity contribution in [3.63, 3.8) is 0 Å². The van der Waals surface area contributed by atoms with Crippen LogP contribution in [0.4, 0.5) is 5.69 Å². The highest BCUT2D eigenvalue weighted by atomic mass is 35.5. The maximum Gasteiger partial charge on any atom is 0.257 e. The summed E-state index contributed by atoms with van der Waals surface area (Å²) < 4.78 is 0. The van der Waals surface area contributed by atoms with E-state index in [9.17, 15) is 4.79 Å². The molecule has 3 rings (SSSR count). The van der Waals surface area contributed by atoms with Crippen molar-refractivity contribution in [1.29, 1.82) is 0 Å². The molecule has 1 aromatic carbocycles. The van der Waals surface area contributed by atoms with Gasteiger partial charge in [0.2, 0.25) is 0 Å². The van der Waals surface area contributed by atoms with Crippen LogP contribution in [-0.2, 0) is 4.79 Å². The van der Waals surface area contributed by atoms with Crippen LogP contribution < -0.4 is 5.01 Å². The molecule has 0 unspecified atom stereocenters. The Morgan fingerprint density at radius 3 is 2.91 bits per heavy atom. The molecule has 2 aliphatic rings. The van der Waals surface area contributed by atoms with Crippen LogP contribution in [0.2, 0.25) is 5.02 Å². The minimum atomic E-state index is -0.139. The van der Waals surface area contributed by atoms with Crippen molar-refractivity contribution in [3.05, 3.63) is 29.3 Å². The third-order valence-electron chi connectivity index (χ3n) is 4.68. The normalized spacial score (nSPS) is 26.4. The largest absolute Gasteiger partial charge is 0.299 e. The average molecular weight is 320 g/mol. The quantitative estimate of drug-likeness (QED) is 0.854. The molecular formula is C17H22ClN3O. The first-order valence-electron chi connectivity index (χ1n) is 7.95. The Morgan fingerprint density at radius 2 is 2.18 bits per heavy atom. The zero-order valence-corrected chi connectivity index (χ0v) is 13.9. The molecule has 22 heavy (non-hydrogen) atoms. The van der Waals surface area contributed by atoms with Crippen molar-refractivity contribution in [2.45, 2.75) is 39.2 Å². The Labute approximate surface area is 136 Å². The minimum Gasteiger partial charge on any atom is -0.299 e. The summed E-state index contributed by atoms with van der Waals surface area (Å²) in [6, 6.07) is 7.84. The summed E-state index contributed by atoms with van der Waals surface area (Å²) in [6.07, 6.45) is 3.73. The van der Waals surface area contributed by atoms with Crippen molar-refractivity contribution in [2.24, 2.45) is 11.0 Å². The Hall–Kier alpha value is -1.39. The van der Waals surface area contributed by atoms with Crippen LogP contribution in [0.15, 0.2) is 29.4 Å². The summed E-state index contributed by atoms with van der Waals surface area (Å²) in [5, 5.41) is 6.59. The summed E-state index contributed by atoms with van der Waals surface area (Å²) in [4.78, 5) is 15.2. The highest BCUT2D eigenvalue weighted by Gasteiger charge is 2.36. The van der Waals surface area contributed by atoms with E-state index in [1.165, 1.54) is 24.3 Å². The number of rotatable bonds is 3. The number of halogens is 1. The number of hydrogen-bond donors (Lipinski definition) is 0. The molecule has 1 aromatic rings. The summed E-state index contributed by atoms with van der Waals surface area (Å²) in [6.45, 7) is 6.04. The average Bonchev–Trinajstić information content (AvgIpc) is 2.77. The monoisotopic (exact) mass is 319 g/mol. The van der Waals surface area contributed by atoms with Crippen LogP contribution in [0.1, 0.15) is 33.1 Å². The number of piperidine rings is 1. The molecule has 0 aromatic heterocycles. The second-order valence-corrected chi connectivity index (χ2v) is 6.70. The highest BCUT2D eigenvalue weighted by Crippen LogP contribution is 2.28. The molecule has 1 fully saturated rings. The van der Waals surface area contributed by atoms with Crippen LogP contribution in [0.5, 0.6) is 0 Å². The van der Waals surface area contributed by atoms with E-state index in [-0.39, 0.29) is 11.8 Å². The molecule has 2 heterocycles. The van der Waals surface area contributed by atoms with Crippen molar-refractivity contribution in [3.8, 4) is 0 Å². The molecular weight excluding hydrogens is 298 g/mol. The van der Waals surface area contributed by atoms with Gasteiger partial charge in [0.05, 0.1) is 11.6 Å². The Balaban J connectivity index is 1.75. The predicted octanol–water partition coefficient (Wildman–Crippen LogP) is 3.55. The topological polar surface area (TPSA) is 35.9 Å². The number of nitrogens with zero attached hydrogens (tertiary/aromatic N) is 3. The molecule has 0 saturated carbocycles. The number of likely N-dealkylation sites (tertiary alicyclic amines) is 1. The maximum atomic E-state index is 12.7. The Kier molecular flexibility index (Phi) is 4.50. The van der Waals surface area contributed by atoms with Crippen molar-refractivity contribution in [1.82, 2.24) is 4.90 Å². The van der Waals surface area contributed by atoms with Gasteiger partial charge in [0.25, 0.3) is 5.91 Å². The number of hydrogen-bond acceptors (Lipinski definition) is 3. The van der Waals surface area contributed by atoms with Crippen molar-refractivity contribution < 1.29 is 4.79 Å². The fourth-order valence-corrected chi connectivity index (χ4v) is 3.45. The SMILES string of the molecule is CC1=NN(c2cccc(Cl)c2)C(=O)[C@H]1CN1CCCC[C@H]1C. The molecule has 4 nitrogen and oxygen atoms in total. The second-order valence-electron chi connectivity index (χ2n) is 6.26. The lowest BCUT2D eigenvalue weighted by atomic mass is 9.98. The van der Waals surface area contributed by atoms with Gasteiger partial charge >= 0.3 is 0 Å². The predicted molar refractivity (Wildman–Crippen MR) is 90.4 cm³/mol. The lowest BCUT2D eigenvalue weighted by molar-refractivity contribution is -0.120. The fraction of sp³-hybridized carbons (Fsp3) is 0.529. The van der Waals surface area contributed by atoms with Crippen molar-refractivity contribution in [2.75, 3.05) is 18.1 Å². The van der Waals surface area contributed by atoms with Crippen molar-refractivity contribution >= 4 is 28.9 Å². The van der Waals surface area contributed by atoms with Gasteiger partial charge in [-0.15, -0.1) is 0 Å². The van der Waals surface area contributed by atoms with Gasteiger partial charge in [-0.3, -0.25) is 9.69 Å². The minimum absolute atomic E-state index is 0.0533. The summed E-state index contributed by atoms with van der Waals surface area (Å²) in [5.41, 5.74) is 1.63. The van der Waals surface area contributed by atoms with Gasteiger partial charge in [0.1, 0.15) is 0 Å². The van der Waals surface area contributed by atoms with E-state index in [0.29, 0.717) is 11.1 Å². The van der Waals surface area contributed by atoms with Crippen LogP contribution in [0, 0.1) is 5.92 Å². The molecule has 0 N–H and O–H groups in total. The highest BCUT2D eigenvalue weighted by molar-refractivity contribution is 6.31. The Bertz CT molecular complexity index is 601. The van der Waals surface area contributed by atoms with Gasteiger partial charge in [-0.25, -0.2) is 5.01 Å². The summed E-state index contributed by atoms with van der Waals surface area (Å²) >= 11 is 6.02. The molecule has 5 heteroatoms. The first kappa shape index (κ1) is 15.5. The van der Waals surface area contributed by atoms with E-state index < -0.39 is 0 Å². The standard InChI is InChI=1S/C17H22ClN3O/c1-12-6-3-4-9-20(12)11-16-13(2)19-21(17(16)22)15-8-5-7-14(18)10-15/h5,7-8,10,12,16H,3-4,6,9,11H2,1-2H3/t12-,16+/m1/s1. The van der Waals surface area contributed by atoms with Crippen LogP contribution in [-0.4, -0.2) is 35.7 Å². The molecule has 0 bridgehead atoms. The van der Waals surface area contributed by atoms with Gasteiger partial charge in [0.15, 0.2) is 0 Å². The second kappa shape index (κ2) is 6.39. The fourth-order valence-electron chi connectivity index (χ4n) is 3.27. The zero-order chi connectivity index (χ0) is 15.7.